The minimum Gasteiger partial charge on any atom is -0.468 e. The van der Waals surface area contributed by atoms with Crippen molar-refractivity contribution in [2.75, 3.05) is 25.1 Å². The van der Waals surface area contributed by atoms with Gasteiger partial charge in [0.05, 0.1) is 37.4 Å². The summed E-state index contributed by atoms with van der Waals surface area (Å²) in [7, 11) is -1.51. The topological polar surface area (TPSA) is 102 Å². The molecule has 3 aromatic carbocycles. The molecule has 9 heteroatoms. The molecule has 1 saturated heterocycles. The van der Waals surface area contributed by atoms with E-state index in [1.807, 2.05) is 37.3 Å². The van der Waals surface area contributed by atoms with Crippen LogP contribution in [-0.4, -0.2) is 47.2 Å². The van der Waals surface area contributed by atoms with E-state index in [-0.39, 0.29) is 11.4 Å². The third-order valence-corrected chi connectivity index (χ3v) is 9.23. The van der Waals surface area contributed by atoms with Crippen molar-refractivity contribution < 1.29 is 27.5 Å². The number of fused-ring (bicyclic) bond motifs is 3. The van der Waals surface area contributed by atoms with E-state index < -0.39 is 45.4 Å². The van der Waals surface area contributed by atoms with E-state index in [4.69, 9.17) is 9.47 Å². The van der Waals surface area contributed by atoms with E-state index >= 15 is 0 Å². The van der Waals surface area contributed by atoms with E-state index in [2.05, 4.69) is 5.32 Å². The van der Waals surface area contributed by atoms with Crippen LogP contribution in [0, 0.1) is 12.3 Å². The first-order valence-electron chi connectivity index (χ1n) is 11.9. The zero-order chi connectivity index (χ0) is 26.4. The molecular formula is C28H28N2O6S. The highest BCUT2D eigenvalue weighted by molar-refractivity contribution is 7.92. The van der Waals surface area contributed by atoms with Crippen molar-refractivity contribution in [2.45, 2.75) is 29.8 Å². The Morgan fingerprint density at radius 1 is 0.919 bits per heavy atom. The van der Waals surface area contributed by atoms with E-state index in [0.717, 1.165) is 5.56 Å². The molecule has 2 heterocycles. The van der Waals surface area contributed by atoms with Crippen molar-refractivity contribution in [3.8, 4) is 0 Å². The Balaban J connectivity index is 1.78. The van der Waals surface area contributed by atoms with Crippen LogP contribution in [-0.2, 0) is 29.1 Å². The molecule has 4 atom stereocenters. The van der Waals surface area contributed by atoms with Crippen molar-refractivity contribution in [3.05, 3.63) is 95.6 Å². The molecule has 192 valence electrons. The molecule has 0 bridgehead atoms. The zero-order valence-corrected chi connectivity index (χ0v) is 21.6. The Morgan fingerprint density at radius 2 is 1.57 bits per heavy atom. The lowest BCUT2D eigenvalue weighted by molar-refractivity contribution is -0.154. The number of anilines is 1. The number of para-hydroxylation sites is 1. The van der Waals surface area contributed by atoms with Gasteiger partial charge in [0.25, 0.3) is 10.0 Å². The number of carbonyl (C=O) groups excluding carboxylic acids is 2. The number of benzene rings is 3. The average Bonchev–Trinajstić information content (AvgIpc) is 3.29. The van der Waals surface area contributed by atoms with Crippen LogP contribution < -0.4 is 9.62 Å². The van der Waals surface area contributed by atoms with Gasteiger partial charge in [-0.1, -0.05) is 66.2 Å². The number of carbonyl (C=O) groups is 2. The minimum absolute atomic E-state index is 0.109. The molecule has 0 amide bonds. The molecule has 0 radical (unpaired) electrons. The standard InChI is InChI=1S/C28H28N2O6S/c1-18-13-15-20(16-14-18)37(33,34)30-17-28(27(32)36-3)23(19-9-5-4-6-10-19)24(26(31)35-2)29-25(28)21-11-7-8-12-22(21)30/h4-16,23-25,29H,17H2,1-3H3/t23-,24+,25+,28+/m1/s1. The molecule has 0 aromatic heterocycles. The van der Waals surface area contributed by atoms with Gasteiger partial charge < -0.3 is 9.47 Å². The minimum atomic E-state index is -4.08. The SMILES string of the molecule is COC(=O)[C@H]1N[C@H]2c3ccccc3N(S(=O)(=O)c3ccc(C)cc3)C[C@]2(C(=O)OC)[C@@H]1c1ccccc1. The van der Waals surface area contributed by atoms with Gasteiger partial charge in [0.15, 0.2) is 0 Å². The number of aryl methyl sites for hydroxylation is 1. The summed E-state index contributed by atoms with van der Waals surface area (Å²) < 4.78 is 39.9. The lowest BCUT2D eigenvalue weighted by Crippen LogP contribution is -2.54. The second kappa shape index (κ2) is 9.32. The van der Waals surface area contributed by atoms with Gasteiger partial charge in [-0.05, 0) is 36.2 Å². The molecule has 37 heavy (non-hydrogen) atoms. The molecular weight excluding hydrogens is 492 g/mol. The van der Waals surface area contributed by atoms with Gasteiger partial charge in [0.1, 0.15) is 11.5 Å². The van der Waals surface area contributed by atoms with Crippen molar-refractivity contribution in [2.24, 2.45) is 5.41 Å². The van der Waals surface area contributed by atoms with Crippen molar-refractivity contribution in [1.29, 1.82) is 0 Å². The van der Waals surface area contributed by atoms with Crippen LogP contribution in [0.15, 0.2) is 83.8 Å². The molecule has 0 aliphatic carbocycles. The Kier molecular flexibility index (Phi) is 6.29. The number of hydrogen-bond donors (Lipinski definition) is 1. The Hall–Kier alpha value is -3.69. The fourth-order valence-electron chi connectivity index (χ4n) is 5.77. The molecule has 0 spiro atoms. The molecule has 3 aromatic rings. The number of hydrogen-bond acceptors (Lipinski definition) is 7. The quantitative estimate of drug-likeness (QED) is 0.515. The summed E-state index contributed by atoms with van der Waals surface area (Å²) in [5.41, 5.74) is 1.19. The van der Waals surface area contributed by atoms with Crippen molar-refractivity contribution >= 4 is 27.6 Å². The number of nitrogens with zero attached hydrogens (tertiary/aromatic N) is 1. The summed E-state index contributed by atoms with van der Waals surface area (Å²) >= 11 is 0. The predicted molar refractivity (Wildman–Crippen MR) is 137 cm³/mol. The summed E-state index contributed by atoms with van der Waals surface area (Å²) in [6, 6.07) is 21.1. The smallest absolute Gasteiger partial charge is 0.323 e. The van der Waals surface area contributed by atoms with Crippen LogP contribution in [0.25, 0.3) is 0 Å². The number of ether oxygens (including phenoxy) is 2. The van der Waals surface area contributed by atoms with Gasteiger partial charge in [-0.3, -0.25) is 19.2 Å². The van der Waals surface area contributed by atoms with Gasteiger partial charge in [-0.25, -0.2) is 8.42 Å². The molecule has 1 fully saturated rings. The number of sulfonamides is 1. The maximum atomic E-state index is 14.1. The van der Waals surface area contributed by atoms with E-state index in [9.17, 15) is 18.0 Å². The van der Waals surface area contributed by atoms with E-state index in [1.165, 1.54) is 18.5 Å². The zero-order valence-electron chi connectivity index (χ0n) is 20.7. The fourth-order valence-corrected chi connectivity index (χ4v) is 7.32. The largest absolute Gasteiger partial charge is 0.468 e. The Bertz CT molecular complexity index is 1440. The van der Waals surface area contributed by atoms with E-state index in [1.54, 1.807) is 48.5 Å². The van der Waals surface area contributed by atoms with Crippen LogP contribution in [0.1, 0.15) is 28.7 Å². The highest BCUT2D eigenvalue weighted by Gasteiger charge is 2.66. The number of nitrogens with one attached hydrogen (secondary N) is 1. The first kappa shape index (κ1) is 25.0. The van der Waals surface area contributed by atoms with Crippen LogP contribution in [0.3, 0.4) is 0 Å². The van der Waals surface area contributed by atoms with Gasteiger partial charge >= 0.3 is 11.9 Å². The molecule has 2 aliphatic heterocycles. The van der Waals surface area contributed by atoms with Crippen molar-refractivity contribution in [3.63, 3.8) is 0 Å². The normalized spacial score (nSPS) is 24.6. The maximum Gasteiger partial charge on any atom is 0.323 e. The summed E-state index contributed by atoms with van der Waals surface area (Å²) in [5.74, 6) is -1.91. The molecule has 0 unspecified atom stereocenters. The molecule has 8 nitrogen and oxygen atoms in total. The highest BCUT2D eigenvalue weighted by atomic mass is 32.2. The average molecular weight is 521 g/mol. The van der Waals surface area contributed by atoms with Gasteiger partial charge in [0.2, 0.25) is 0 Å². The van der Waals surface area contributed by atoms with Gasteiger partial charge in [-0.2, -0.15) is 0 Å². The van der Waals surface area contributed by atoms with Crippen LogP contribution in [0.5, 0.6) is 0 Å². The van der Waals surface area contributed by atoms with Crippen LogP contribution >= 0.6 is 0 Å². The second-order valence-corrected chi connectivity index (χ2v) is 11.3. The lowest BCUT2D eigenvalue weighted by Gasteiger charge is -2.46. The number of esters is 2. The van der Waals surface area contributed by atoms with Crippen LogP contribution in [0.4, 0.5) is 5.69 Å². The second-order valence-electron chi connectivity index (χ2n) is 9.40. The summed E-state index contributed by atoms with van der Waals surface area (Å²) in [4.78, 5) is 27.0. The predicted octanol–water partition coefficient (Wildman–Crippen LogP) is 3.33. The Labute approximate surface area is 216 Å². The third kappa shape index (κ3) is 3.81. The molecule has 5 rings (SSSR count). The van der Waals surface area contributed by atoms with Crippen LogP contribution in [0.2, 0.25) is 0 Å². The maximum absolute atomic E-state index is 14.1. The van der Waals surface area contributed by atoms with Gasteiger partial charge in [0, 0.05) is 5.92 Å². The summed E-state index contributed by atoms with van der Waals surface area (Å²) in [6.07, 6.45) is 0. The lowest BCUT2D eigenvalue weighted by atomic mass is 9.65. The summed E-state index contributed by atoms with van der Waals surface area (Å²) in [5, 5.41) is 3.33. The van der Waals surface area contributed by atoms with Gasteiger partial charge in [-0.15, -0.1) is 0 Å². The molecule has 1 N–H and O–H groups in total. The summed E-state index contributed by atoms with van der Waals surface area (Å²) in [6.45, 7) is 1.66. The number of methoxy groups -OCH3 is 2. The van der Waals surface area contributed by atoms with E-state index in [0.29, 0.717) is 16.8 Å². The molecule has 2 aliphatic rings. The first-order chi connectivity index (χ1) is 17.8. The number of rotatable bonds is 5. The first-order valence-corrected chi connectivity index (χ1v) is 13.3. The third-order valence-electron chi connectivity index (χ3n) is 7.46. The molecule has 0 saturated carbocycles. The Morgan fingerprint density at radius 3 is 2.22 bits per heavy atom. The van der Waals surface area contributed by atoms with Crippen molar-refractivity contribution in [1.82, 2.24) is 5.32 Å². The highest BCUT2D eigenvalue weighted by Crippen LogP contribution is 2.59. The monoisotopic (exact) mass is 520 g/mol. The fraction of sp³-hybridized carbons (Fsp3) is 0.286.